The number of hydrogen-bond donors (Lipinski definition) is 1. The van der Waals surface area contributed by atoms with Crippen LogP contribution in [0.1, 0.15) is 38.5 Å². The highest BCUT2D eigenvalue weighted by Gasteiger charge is 2.14. The molecule has 0 saturated carbocycles. The van der Waals surface area contributed by atoms with Crippen molar-refractivity contribution in [1.29, 1.82) is 0 Å². The molecule has 0 aromatic rings. The molecule has 1 N–H and O–H groups in total. The lowest BCUT2D eigenvalue weighted by atomic mass is 10.2. The zero-order valence-electron chi connectivity index (χ0n) is 9.14. The summed E-state index contributed by atoms with van der Waals surface area (Å²) in [5.41, 5.74) is 0. The van der Waals surface area contributed by atoms with Crippen LogP contribution in [-0.4, -0.2) is 31.0 Å². The normalized spacial score (nSPS) is 20.5. The predicted octanol–water partition coefficient (Wildman–Crippen LogP) is 2.08. The molecular formula is C11H20ClNO2. The first-order valence-corrected chi connectivity index (χ1v) is 6.30. The first-order valence-electron chi connectivity index (χ1n) is 5.77. The molecule has 1 fully saturated rings. The van der Waals surface area contributed by atoms with Crippen LogP contribution in [0.4, 0.5) is 0 Å². The van der Waals surface area contributed by atoms with Crippen molar-refractivity contribution in [2.24, 2.45) is 0 Å². The lowest BCUT2D eigenvalue weighted by Gasteiger charge is -2.09. The first kappa shape index (κ1) is 12.8. The van der Waals surface area contributed by atoms with Gasteiger partial charge < -0.3 is 10.1 Å². The van der Waals surface area contributed by atoms with Crippen molar-refractivity contribution < 1.29 is 9.53 Å². The molecule has 0 radical (unpaired) electrons. The largest absolute Gasteiger partial charge is 0.378 e. The molecule has 3 nitrogen and oxygen atoms in total. The Morgan fingerprint density at radius 3 is 3.00 bits per heavy atom. The second kappa shape index (κ2) is 7.94. The number of unbranched alkanes of at least 4 members (excludes halogenated alkanes) is 1. The summed E-state index contributed by atoms with van der Waals surface area (Å²) in [6.45, 7) is 1.62. The molecule has 0 spiro atoms. The fraction of sp³-hybridized carbons (Fsp3) is 0.909. The lowest BCUT2D eigenvalue weighted by Crippen LogP contribution is -2.26. The van der Waals surface area contributed by atoms with E-state index in [-0.39, 0.29) is 5.91 Å². The molecule has 4 heteroatoms. The van der Waals surface area contributed by atoms with Crippen LogP contribution in [0, 0.1) is 0 Å². The van der Waals surface area contributed by atoms with Crippen molar-refractivity contribution in [3.8, 4) is 0 Å². The third-order valence-electron chi connectivity index (χ3n) is 2.60. The Hall–Kier alpha value is -0.280. The number of halogens is 1. The van der Waals surface area contributed by atoms with Gasteiger partial charge in [0.25, 0.3) is 0 Å². The van der Waals surface area contributed by atoms with Crippen LogP contribution in [0.3, 0.4) is 0 Å². The number of hydrogen-bond acceptors (Lipinski definition) is 2. The zero-order valence-corrected chi connectivity index (χ0v) is 9.89. The molecule has 1 amide bonds. The number of ether oxygens (including phenoxy) is 1. The Labute approximate surface area is 96.5 Å². The quantitative estimate of drug-likeness (QED) is 0.540. The van der Waals surface area contributed by atoms with Crippen molar-refractivity contribution in [1.82, 2.24) is 5.32 Å². The molecule has 1 aliphatic rings. The van der Waals surface area contributed by atoms with Gasteiger partial charge in [0.1, 0.15) is 0 Å². The summed E-state index contributed by atoms with van der Waals surface area (Å²) < 4.78 is 5.46. The van der Waals surface area contributed by atoms with Gasteiger partial charge >= 0.3 is 0 Å². The second-order valence-corrected chi connectivity index (χ2v) is 4.30. The van der Waals surface area contributed by atoms with Gasteiger partial charge in [-0.25, -0.2) is 0 Å². The Balaban J connectivity index is 1.91. The van der Waals surface area contributed by atoms with Gasteiger partial charge in [0.2, 0.25) is 5.91 Å². The summed E-state index contributed by atoms with van der Waals surface area (Å²) in [5, 5.41) is 2.91. The standard InChI is InChI=1S/C11H20ClNO2/c12-7-2-1-5-11(14)13-8-6-10-4-3-9-15-10/h10H,1-9H2,(H,13,14). The summed E-state index contributed by atoms with van der Waals surface area (Å²) in [7, 11) is 0. The van der Waals surface area contributed by atoms with Gasteiger partial charge in [-0.05, 0) is 32.1 Å². The topological polar surface area (TPSA) is 38.3 Å². The maximum absolute atomic E-state index is 11.3. The average Bonchev–Trinajstić information content (AvgIpc) is 2.71. The molecule has 0 bridgehead atoms. The summed E-state index contributed by atoms with van der Waals surface area (Å²) in [6.07, 6.45) is 6.01. The van der Waals surface area contributed by atoms with E-state index >= 15 is 0 Å². The number of nitrogens with one attached hydrogen (secondary N) is 1. The molecule has 1 rings (SSSR count). The number of rotatable bonds is 7. The van der Waals surface area contributed by atoms with Gasteiger partial charge in [-0.1, -0.05) is 0 Å². The molecule has 1 atom stereocenters. The van der Waals surface area contributed by atoms with E-state index in [2.05, 4.69) is 5.32 Å². The molecule has 0 aromatic carbocycles. The Bertz CT molecular complexity index is 181. The molecule has 1 unspecified atom stereocenters. The fourth-order valence-corrected chi connectivity index (χ4v) is 1.90. The Kier molecular flexibility index (Phi) is 6.77. The van der Waals surface area contributed by atoms with E-state index in [0.29, 0.717) is 18.4 Å². The van der Waals surface area contributed by atoms with Gasteiger partial charge in [-0.2, -0.15) is 0 Å². The minimum atomic E-state index is 0.137. The van der Waals surface area contributed by atoms with Crippen LogP contribution in [-0.2, 0) is 9.53 Å². The van der Waals surface area contributed by atoms with Crippen molar-refractivity contribution in [2.45, 2.75) is 44.6 Å². The smallest absolute Gasteiger partial charge is 0.219 e. The van der Waals surface area contributed by atoms with Crippen LogP contribution in [0.15, 0.2) is 0 Å². The fourth-order valence-electron chi connectivity index (χ4n) is 1.71. The van der Waals surface area contributed by atoms with Crippen LogP contribution in [0.2, 0.25) is 0 Å². The van der Waals surface area contributed by atoms with Gasteiger partial charge in [-0.15, -0.1) is 11.6 Å². The van der Waals surface area contributed by atoms with Crippen molar-refractivity contribution in [3.05, 3.63) is 0 Å². The SMILES string of the molecule is O=C(CCCCCl)NCCC1CCCO1. The van der Waals surface area contributed by atoms with Gasteiger partial charge in [0.15, 0.2) is 0 Å². The maximum atomic E-state index is 11.3. The summed E-state index contributed by atoms with van der Waals surface area (Å²) in [5.74, 6) is 0.779. The number of carbonyl (C=O) groups excluding carboxylic acids is 1. The maximum Gasteiger partial charge on any atom is 0.219 e. The summed E-state index contributed by atoms with van der Waals surface area (Å²) in [4.78, 5) is 11.3. The van der Waals surface area contributed by atoms with Crippen molar-refractivity contribution in [3.63, 3.8) is 0 Å². The van der Waals surface area contributed by atoms with E-state index in [4.69, 9.17) is 16.3 Å². The lowest BCUT2D eigenvalue weighted by molar-refractivity contribution is -0.121. The number of carbonyl (C=O) groups is 1. The molecule has 1 saturated heterocycles. The Morgan fingerprint density at radius 1 is 1.47 bits per heavy atom. The van der Waals surface area contributed by atoms with E-state index in [1.807, 2.05) is 0 Å². The minimum absolute atomic E-state index is 0.137. The third kappa shape index (κ3) is 6.00. The van der Waals surface area contributed by atoms with Crippen LogP contribution in [0.5, 0.6) is 0 Å². The van der Waals surface area contributed by atoms with E-state index in [1.54, 1.807) is 0 Å². The third-order valence-corrected chi connectivity index (χ3v) is 2.87. The van der Waals surface area contributed by atoms with E-state index in [1.165, 1.54) is 0 Å². The second-order valence-electron chi connectivity index (χ2n) is 3.92. The van der Waals surface area contributed by atoms with Crippen molar-refractivity contribution in [2.75, 3.05) is 19.0 Å². The number of amides is 1. The van der Waals surface area contributed by atoms with Gasteiger partial charge in [-0.3, -0.25) is 4.79 Å². The molecule has 1 aliphatic heterocycles. The first-order chi connectivity index (χ1) is 7.33. The van der Waals surface area contributed by atoms with Gasteiger partial charge in [0, 0.05) is 25.5 Å². The molecule has 0 aromatic heterocycles. The van der Waals surface area contributed by atoms with E-state index in [0.717, 1.165) is 45.3 Å². The molecule has 88 valence electrons. The highest BCUT2D eigenvalue weighted by Crippen LogP contribution is 2.14. The highest BCUT2D eigenvalue weighted by molar-refractivity contribution is 6.17. The number of alkyl halides is 1. The van der Waals surface area contributed by atoms with Crippen LogP contribution in [0.25, 0.3) is 0 Å². The molecule has 15 heavy (non-hydrogen) atoms. The predicted molar refractivity (Wildman–Crippen MR) is 61.2 cm³/mol. The molecular weight excluding hydrogens is 214 g/mol. The van der Waals surface area contributed by atoms with E-state index in [9.17, 15) is 4.79 Å². The monoisotopic (exact) mass is 233 g/mol. The minimum Gasteiger partial charge on any atom is -0.378 e. The van der Waals surface area contributed by atoms with Crippen LogP contribution >= 0.6 is 11.6 Å². The zero-order chi connectivity index (χ0) is 10.9. The van der Waals surface area contributed by atoms with Crippen LogP contribution < -0.4 is 5.32 Å². The molecule has 1 heterocycles. The van der Waals surface area contributed by atoms with Gasteiger partial charge in [0.05, 0.1) is 6.10 Å². The van der Waals surface area contributed by atoms with Crippen molar-refractivity contribution >= 4 is 17.5 Å². The highest BCUT2D eigenvalue weighted by atomic mass is 35.5. The average molecular weight is 234 g/mol. The summed E-state index contributed by atoms with van der Waals surface area (Å²) >= 11 is 5.53. The Morgan fingerprint density at radius 2 is 2.33 bits per heavy atom. The summed E-state index contributed by atoms with van der Waals surface area (Å²) in [6, 6.07) is 0. The molecule has 0 aliphatic carbocycles. The van der Waals surface area contributed by atoms with E-state index < -0.39 is 0 Å².